The molecule has 0 saturated carbocycles. The van der Waals surface area contributed by atoms with Crippen LogP contribution in [0.5, 0.6) is 5.75 Å². The molecule has 0 bridgehead atoms. The van der Waals surface area contributed by atoms with Crippen LogP contribution in [0.15, 0.2) is 24.3 Å². The Bertz CT molecular complexity index is 501. The normalized spacial score (nSPS) is 17.9. The maximum atomic E-state index is 13.7. The number of benzene rings is 1. The molecule has 0 radical (unpaired) electrons. The first-order chi connectivity index (χ1) is 9.49. The summed E-state index contributed by atoms with van der Waals surface area (Å²) < 4.78 is 13.7. The van der Waals surface area contributed by atoms with Crippen LogP contribution in [0.3, 0.4) is 0 Å². The van der Waals surface area contributed by atoms with Gasteiger partial charge in [0.2, 0.25) is 0 Å². The monoisotopic (exact) mass is 298 g/mol. The zero-order valence-electron chi connectivity index (χ0n) is 11.6. The molecule has 1 saturated heterocycles. The SMILES string of the molecule is C=C(C)C[C@@H](c1cc(Cl)cc(F)c1O)N1CCNCC1. The second-order valence-corrected chi connectivity index (χ2v) is 5.72. The zero-order chi connectivity index (χ0) is 14.7. The zero-order valence-corrected chi connectivity index (χ0v) is 12.4. The van der Waals surface area contributed by atoms with Crippen LogP contribution in [0.25, 0.3) is 0 Å². The number of phenolic OH excluding ortho intramolecular Hbond substituents is 1. The number of nitrogens with one attached hydrogen (secondary N) is 1. The van der Waals surface area contributed by atoms with Crippen LogP contribution in [-0.2, 0) is 0 Å². The van der Waals surface area contributed by atoms with Crippen LogP contribution in [-0.4, -0.2) is 36.2 Å². The lowest BCUT2D eigenvalue weighted by Gasteiger charge is -2.35. The van der Waals surface area contributed by atoms with Crippen LogP contribution in [0.2, 0.25) is 5.02 Å². The van der Waals surface area contributed by atoms with Crippen molar-refractivity contribution in [2.45, 2.75) is 19.4 Å². The third kappa shape index (κ3) is 3.51. The Balaban J connectivity index is 2.37. The Morgan fingerprint density at radius 1 is 1.50 bits per heavy atom. The highest BCUT2D eigenvalue weighted by atomic mass is 35.5. The summed E-state index contributed by atoms with van der Waals surface area (Å²) in [6.45, 7) is 9.35. The molecule has 0 aromatic heterocycles. The first kappa shape index (κ1) is 15.3. The minimum atomic E-state index is -0.672. The van der Waals surface area contributed by atoms with Gasteiger partial charge in [-0.2, -0.15) is 0 Å². The maximum absolute atomic E-state index is 13.7. The molecule has 1 aliphatic heterocycles. The molecule has 3 nitrogen and oxygen atoms in total. The molecular formula is C15H20ClFN2O. The lowest BCUT2D eigenvalue weighted by Crippen LogP contribution is -2.45. The fourth-order valence-electron chi connectivity index (χ4n) is 2.60. The molecule has 1 fully saturated rings. The van der Waals surface area contributed by atoms with Gasteiger partial charge in [0.1, 0.15) is 0 Å². The smallest absolute Gasteiger partial charge is 0.166 e. The lowest BCUT2D eigenvalue weighted by atomic mass is 9.97. The molecule has 20 heavy (non-hydrogen) atoms. The van der Waals surface area contributed by atoms with Crippen molar-refractivity contribution in [3.05, 3.63) is 40.7 Å². The van der Waals surface area contributed by atoms with E-state index in [0.717, 1.165) is 37.8 Å². The van der Waals surface area contributed by atoms with Gasteiger partial charge >= 0.3 is 0 Å². The van der Waals surface area contributed by atoms with Gasteiger partial charge in [-0.25, -0.2) is 4.39 Å². The van der Waals surface area contributed by atoms with Crippen molar-refractivity contribution in [1.29, 1.82) is 0 Å². The average molecular weight is 299 g/mol. The minimum absolute atomic E-state index is 0.0946. The van der Waals surface area contributed by atoms with Gasteiger partial charge in [-0.3, -0.25) is 4.90 Å². The Hall–Kier alpha value is -1.10. The van der Waals surface area contributed by atoms with Gasteiger partial charge in [-0.05, 0) is 25.5 Å². The van der Waals surface area contributed by atoms with Crippen LogP contribution in [0, 0.1) is 5.82 Å². The summed E-state index contributed by atoms with van der Waals surface area (Å²) in [6, 6.07) is 2.69. The Morgan fingerprint density at radius 2 is 2.15 bits per heavy atom. The molecule has 0 unspecified atom stereocenters. The summed E-state index contributed by atoms with van der Waals surface area (Å²) in [5, 5.41) is 13.6. The third-order valence-electron chi connectivity index (χ3n) is 3.55. The fourth-order valence-corrected chi connectivity index (χ4v) is 2.81. The quantitative estimate of drug-likeness (QED) is 0.839. The number of hydrogen-bond donors (Lipinski definition) is 2. The number of hydrogen-bond acceptors (Lipinski definition) is 3. The Kier molecular flexibility index (Phi) is 5.02. The number of nitrogens with zero attached hydrogens (tertiary/aromatic N) is 1. The molecule has 2 N–H and O–H groups in total. The summed E-state index contributed by atoms with van der Waals surface area (Å²) in [6.07, 6.45) is 0.674. The van der Waals surface area contributed by atoms with Gasteiger partial charge in [0.05, 0.1) is 0 Å². The highest BCUT2D eigenvalue weighted by molar-refractivity contribution is 6.30. The largest absolute Gasteiger partial charge is 0.505 e. The van der Waals surface area contributed by atoms with Gasteiger partial charge in [0.25, 0.3) is 0 Å². The van der Waals surface area contributed by atoms with E-state index in [4.69, 9.17) is 11.6 Å². The van der Waals surface area contributed by atoms with Gasteiger partial charge < -0.3 is 10.4 Å². The number of rotatable bonds is 4. The second-order valence-electron chi connectivity index (χ2n) is 5.29. The van der Waals surface area contributed by atoms with E-state index in [1.54, 1.807) is 6.07 Å². The fraction of sp³-hybridized carbons (Fsp3) is 0.467. The van der Waals surface area contributed by atoms with Crippen LogP contribution >= 0.6 is 11.6 Å². The van der Waals surface area contributed by atoms with Gasteiger partial charge in [-0.1, -0.05) is 17.2 Å². The number of piperazine rings is 1. The van der Waals surface area contributed by atoms with Crippen molar-refractivity contribution in [3.8, 4) is 5.75 Å². The summed E-state index contributed by atoms with van der Waals surface area (Å²) in [7, 11) is 0. The number of phenols is 1. The van der Waals surface area contributed by atoms with Crippen molar-refractivity contribution in [3.63, 3.8) is 0 Å². The molecule has 110 valence electrons. The van der Waals surface area contributed by atoms with Crippen molar-refractivity contribution in [2.24, 2.45) is 0 Å². The highest BCUT2D eigenvalue weighted by Gasteiger charge is 2.26. The molecule has 1 aliphatic rings. The molecule has 0 spiro atoms. The molecular weight excluding hydrogens is 279 g/mol. The Labute approximate surface area is 124 Å². The molecule has 0 aliphatic carbocycles. The van der Waals surface area contributed by atoms with E-state index in [-0.39, 0.29) is 11.8 Å². The van der Waals surface area contributed by atoms with E-state index in [0.29, 0.717) is 17.0 Å². The first-order valence-electron chi connectivity index (χ1n) is 6.76. The molecule has 2 rings (SSSR count). The van der Waals surface area contributed by atoms with E-state index in [2.05, 4.69) is 16.8 Å². The molecule has 5 heteroatoms. The summed E-state index contributed by atoms with van der Waals surface area (Å²) >= 11 is 5.94. The van der Waals surface area contributed by atoms with E-state index in [1.165, 1.54) is 0 Å². The number of halogens is 2. The van der Waals surface area contributed by atoms with Crippen molar-refractivity contribution in [1.82, 2.24) is 10.2 Å². The molecule has 1 aromatic carbocycles. The molecule has 1 aromatic rings. The van der Waals surface area contributed by atoms with E-state index >= 15 is 0 Å². The van der Waals surface area contributed by atoms with E-state index < -0.39 is 5.82 Å². The predicted molar refractivity (Wildman–Crippen MR) is 79.7 cm³/mol. The highest BCUT2D eigenvalue weighted by Crippen LogP contribution is 2.36. The second kappa shape index (κ2) is 6.57. The topological polar surface area (TPSA) is 35.5 Å². The summed E-state index contributed by atoms with van der Waals surface area (Å²) in [4.78, 5) is 2.23. The van der Waals surface area contributed by atoms with E-state index in [9.17, 15) is 9.50 Å². The Morgan fingerprint density at radius 3 is 2.75 bits per heavy atom. The summed E-state index contributed by atoms with van der Waals surface area (Å²) in [5.74, 6) is -0.978. The predicted octanol–water partition coefficient (Wildman–Crippen LogP) is 3.10. The summed E-state index contributed by atoms with van der Waals surface area (Å²) in [5.41, 5.74) is 1.54. The van der Waals surface area contributed by atoms with Gasteiger partial charge in [0, 0.05) is 42.8 Å². The van der Waals surface area contributed by atoms with Gasteiger partial charge in [-0.15, -0.1) is 6.58 Å². The maximum Gasteiger partial charge on any atom is 0.166 e. The van der Waals surface area contributed by atoms with Crippen molar-refractivity contribution >= 4 is 11.6 Å². The molecule has 1 atom stereocenters. The van der Waals surface area contributed by atoms with Crippen molar-refractivity contribution in [2.75, 3.05) is 26.2 Å². The van der Waals surface area contributed by atoms with Gasteiger partial charge in [0.15, 0.2) is 11.6 Å². The third-order valence-corrected chi connectivity index (χ3v) is 3.77. The number of aromatic hydroxyl groups is 1. The van der Waals surface area contributed by atoms with Crippen LogP contribution < -0.4 is 5.32 Å². The van der Waals surface area contributed by atoms with Crippen molar-refractivity contribution < 1.29 is 9.50 Å². The standard InChI is InChI=1S/C15H20ClFN2O/c1-10(2)7-14(19-5-3-18-4-6-19)12-8-11(16)9-13(17)15(12)20/h8-9,14,18,20H,1,3-7H2,2H3/t14-/m0/s1. The first-order valence-corrected chi connectivity index (χ1v) is 7.14. The minimum Gasteiger partial charge on any atom is -0.505 e. The van der Waals surface area contributed by atoms with E-state index in [1.807, 2.05) is 6.92 Å². The average Bonchev–Trinajstić information content (AvgIpc) is 2.41. The van der Waals surface area contributed by atoms with Crippen LogP contribution in [0.4, 0.5) is 4.39 Å². The lowest BCUT2D eigenvalue weighted by molar-refractivity contribution is 0.169. The van der Waals surface area contributed by atoms with Crippen LogP contribution in [0.1, 0.15) is 24.9 Å². The molecule has 1 heterocycles. The molecule has 0 amide bonds.